The zero-order chi connectivity index (χ0) is 21.3. The summed E-state index contributed by atoms with van der Waals surface area (Å²) in [6, 6.07) is 8.41. The third-order valence-electron chi connectivity index (χ3n) is 4.66. The van der Waals surface area contributed by atoms with Crippen molar-refractivity contribution in [2.45, 2.75) is 13.8 Å². The van der Waals surface area contributed by atoms with Crippen LogP contribution in [0, 0.1) is 36.7 Å². The van der Waals surface area contributed by atoms with Crippen LogP contribution in [0.15, 0.2) is 30.4 Å². The number of benzene rings is 1. The largest absolute Gasteiger partial charge is 0.487 e. The lowest BCUT2D eigenvalue weighted by molar-refractivity contribution is 0.358. The minimum absolute atomic E-state index is 0.151. The Hall–Kier alpha value is -2.37. The van der Waals surface area contributed by atoms with Crippen LogP contribution in [0.4, 0.5) is 5.82 Å². The number of aromatic nitrogens is 1. The van der Waals surface area contributed by atoms with Gasteiger partial charge in [0, 0.05) is 5.56 Å². The number of anilines is 1. The fraction of sp³-hybridized carbons (Fsp3) is 0.136. The molecule has 3 rings (SSSR count). The van der Waals surface area contributed by atoms with Gasteiger partial charge in [0.1, 0.15) is 30.3 Å². The highest BCUT2D eigenvalue weighted by molar-refractivity contribution is 14.1. The molecule has 1 aliphatic carbocycles. The van der Waals surface area contributed by atoms with Crippen LogP contribution in [-0.2, 0) is 0 Å². The molecule has 0 radical (unpaired) electrons. The molecule has 2 aromatic rings. The van der Waals surface area contributed by atoms with E-state index in [9.17, 15) is 10.5 Å². The van der Waals surface area contributed by atoms with E-state index in [0.29, 0.717) is 23.4 Å². The van der Waals surface area contributed by atoms with Crippen molar-refractivity contribution in [2.24, 2.45) is 0 Å². The molecule has 0 spiro atoms. The lowest BCUT2D eigenvalue weighted by atomic mass is 9.95. The van der Waals surface area contributed by atoms with Gasteiger partial charge in [0.25, 0.3) is 0 Å². The number of nitrogen functional groups attached to an aromatic ring is 1. The van der Waals surface area contributed by atoms with Gasteiger partial charge in [-0.25, -0.2) is 4.98 Å². The third kappa shape index (κ3) is 3.77. The molecule has 0 unspecified atom stereocenters. The first kappa shape index (κ1) is 21.3. The molecule has 1 aromatic heterocycles. The third-order valence-corrected chi connectivity index (χ3v) is 6.26. The van der Waals surface area contributed by atoms with Gasteiger partial charge < -0.3 is 10.5 Å². The molecule has 0 saturated carbocycles. The molecule has 144 valence electrons. The maximum Gasteiger partial charge on any atom is 0.146 e. The summed E-state index contributed by atoms with van der Waals surface area (Å²) in [5.41, 5.74) is 11.5. The first-order valence-corrected chi connectivity index (χ1v) is 10.8. The van der Waals surface area contributed by atoms with Crippen LogP contribution in [0.1, 0.15) is 34.9 Å². The van der Waals surface area contributed by atoms with E-state index in [2.05, 4.69) is 68.9 Å². The predicted molar refractivity (Wildman–Crippen MR) is 132 cm³/mol. The van der Waals surface area contributed by atoms with Crippen LogP contribution in [-0.4, -0.2) is 11.6 Å². The highest BCUT2D eigenvalue weighted by Gasteiger charge is 2.29. The Balaban J connectivity index is 2.22. The normalized spacial score (nSPS) is 13.8. The minimum atomic E-state index is 0.151. The summed E-state index contributed by atoms with van der Waals surface area (Å²) in [7, 11) is 0. The minimum Gasteiger partial charge on any atom is -0.487 e. The van der Waals surface area contributed by atoms with Gasteiger partial charge in [-0.15, -0.1) is 0 Å². The van der Waals surface area contributed by atoms with Gasteiger partial charge in [0.05, 0.1) is 24.0 Å². The summed E-state index contributed by atoms with van der Waals surface area (Å²) in [5.74, 6) is 0.973. The summed E-state index contributed by atoms with van der Waals surface area (Å²) in [6.07, 6.45) is 3.73. The maximum atomic E-state index is 9.67. The molecule has 0 amide bonds. The van der Waals surface area contributed by atoms with E-state index in [0.717, 1.165) is 40.7 Å². The van der Waals surface area contributed by atoms with Crippen LogP contribution in [0.3, 0.4) is 0 Å². The molecule has 2 N–H and O–H groups in total. The van der Waals surface area contributed by atoms with Crippen molar-refractivity contribution < 1.29 is 4.74 Å². The number of nitrogens with zero attached hydrogens (tertiary/aromatic N) is 3. The standard InChI is InChI=1S/C22H16I2N4O/c1-4-5-29-21-17(23)7-13(8-18(21)24)6-14-11(2)15(9-25)20-19(14)12(3)16(10-26)22(27)28-20/h4,6-8H,1,5H2,2-3H3,(H2,27,28)/b14-6-. The molecule has 1 aliphatic rings. The molecular weight excluding hydrogens is 590 g/mol. The smallest absolute Gasteiger partial charge is 0.146 e. The van der Waals surface area contributed by atoms with Crippen molar-refractivity contribution >= 4 is 68.2 Å². The van der Waals surface area contributed by atoms with Gasteiger partial charge in [0.2, 0.25) is 0 Å². The number of ether oxygens (including phenoxy) is 1. The zero-order valence-corrected chi connectivity index (χ0v) is 20.1. The van der Waals surface area contributed by atoms with E-state index in [4.69, 9.17) is 10.5 Å². The highest BCUT2D eigenvalue weighted by atomic mass is 127. The zero-order valence-electron chi connectivity index (χ0n) is 15.8. The van der Waals surface area contributed by atoms with E-state index in [-0.39, 0.29) is 5.82 Å². The fourth-order valence-electron chi connectivity index (χ4n) is 3.31. The first-order chi connectivity index (χ1) is 13.8. The first-order valence-electron chi connectivity index (χ1n) is 8.60. The van der Waals surface area contributed by atoms with Gasteiger partial charge in [0.15, 0.2) is 0 Å². The van der Waals surface area contributed by atoms with Crippen molar-refractivity contribution in [2.75, 3.05) is 12.3 Å². The number of halogens is 2. The number of hydrogen-bond acceptors (Lipinski definition) is 5. The van der Waals surface area contributed by atoms with E-state index < -0.39 is 0 Å². The number of fused-ring (bicyclic) bond motifs is 1. The lowest BCUT2D eigenvalue weighted by Gasteiger charge is -2.12. The van der Waals surface area contributed by atoms with Gasteiger partial charge in [-0.1, -0.05) is 12.7 Å². The summed E-state index contributed by atoms with van der Waals surface area (Å²) in [6.45, 7) is 7.86. The van der Waals surface area contributed by atoms with Crippen molar-refractivity contribution in [1.29, 1.82) is 10.5 Å². The molecule has 0 aliphatic heterocycles. The second kappa shape index (κ2) is 8.56. The second-order valence-electron chi connectivity index (χ2n) is 6.42. The summed E-state index contributed by atoms with van der Waals surface area (Å²) in [4.78, 5) is 4.36. The molecule has 1 aromatic carbocycles. The van der Waals surface area contributed by atoms with Crippen molar-refractivity contribution in [3.63, 3.8) is 0 Å². The Morgan fingerprint density at radius 3 is 2.41 bits per heavy atom. The molecule has 29 heavy (non-hydrogen) atoms. The molecule has 1 heterocycles. The number of nitriles is 2. The number of allylic oxidation sites excluding steroid dienone is 3. The van der Waals surface area contributed by atoms with E-state index in [1.165, 1.54) is 0 Å². The Morgan fingerprint density at radius 1 is 1.21 bits per heavy atom. The average molecular weight is 606 g/mol. The summed E-state index contributed by atoms with van der Waals surface area (Å²) >= 11 is 4.49. The molecule has 0 saturated heterocycles. The van der Waals surface area contributed by atoms with Crippen LogP contribution in [0.2, 0.25) is 0 Å². The number of rotatable bonds is 4. The van der Waals surface area contributed by atoms with Crippen LogP contribution in [0.25, 0.3) is 17.2 Å². The number of nitrogens with two attached hydrogens (primary N) is 1. The SMILES string of the molecule is C=CCOc1c(I)cc(/C=C2/C(C)=C(C#N)c3nc(N)c(C#N)c(C)c32)cc1I. The predicted octanol–water partition coefficient (Wildman–Crippen LogP) is 5.47. The van der Waals surface area contributed by atoms with Gasteiger partial charge >= 0.3 is 0 Å². The fourth-order valence-corrected chi connectivity index (χ4v) is 5.43. The maximum absolute atomic E-state index is 9.67. The number of hydrogen-bond donors (Lipinski definition) is 1. The lowest BCUT2D eigenvalue weighted by Crippen LogP contribution is -2.03. The van der Waals surface area contributed by atoms with E-state index in [1.54, 1.807) is 6.08 Å². The molecular formula is C22H16I2N4O. The Labute approximate surface area is 196 Å². The Bertz CT molecular complexity index is 1170. The second-order valence-corrected chi connectivity index (χ2v) is 8.74. The molecule has 0 bridgehead atoms. The van der Waals surface area contributed by atoms with Crippen molar-refractivity contribution in [1.82, 2.24) is 4.98 Å². The topological polar surface area (TPSA) is 95.7 Å². The molecule has 7 heteroatoms. The van der Waals surface area contributed by atoms with E-state index in [1.807, 2.05) is 32.1 Å². The quantitative estimate of drug-likeness (QED) is 0.368. The molecule has 0 fully saturated rings. The van der Waals surface area contributed by atoms with Crippen molar-refractivity contribution in [3.8, 4) is 17.9 Å². The van der Waals surface area contributed by atoms with Crippen LogP contribution in [0.5, 0.6) is 5.75 Å². The number of pyridine rings is 1. The Kier molecular flexibility index (Phi) is 6.30. The van der Waals surface area contributed by atoms with Crippen molar-refractivity contribution in [3.05, 3.63) is 65.4 Å². The van der Waals surface area contributed by atoms with Crippen LogP contribution < -0.4 is 10.5 Å². The Morgan fingerprint density at radius 2 is 1.86 bits per heavy atom. The average Bonchev–Trinajstić information content (AvgIpc) is 2.92. The van der Waals surface area contributed by atoms with Gasteiger partial charge in [-0.2, -0.15) is 10.5 Å². The molecule has 0 atom stereocenters. The van der Waals surface area contributed by atoms with Crippen LogP contribution >= 0.6 is 45.2 Å². The summed E-state index contributed by atoms with van der Waals surface area (Å²) < 4.78 is 7.71. The van der Waals surface area contributed by atoms with Gasteiger partial charge in [-0.3, -0.25) is 0 Å². The van der Waals surface area contributed by atoms with Gasteiger partial charge in [-0.05, 0) is 99.5 Å². The van der Waals surface area contributed by atoms with E-state index >= 15 is 0 Å². The monoisotopic (exact) mass is 606 g/mol. The highest BCUT2D eigenvalue weighted by Crippen LogP contribution is 2.44. The summed E-state index contributed by atoms with van der Waals surface area (Å²) in [5, 5.41) is 19.2. The molecule has 5 nitrogen and oxygen atoms in total.